The molecule has 2 aliphatic rings. The summed E-state index contributed by atoms with van der Waals surface area (Å²) in [5.74, 6) is 1.77. The Kier molecular flexibility index (Phi) is 14.1. The lowest BCUT2D eigenvalue weighted by Crippen LogP contribution is -2.46. The number of hydrogen-bond acceptors (Lipinski definition) is 5. The summed E-state index contributed by atoms with van der Waals surface area (Å²) in [6.07, 6.45) is 7.92. The molecule has 8 heteroatoms. The van der Waals surface area contributed by atoms with Gasteiger partial charge in [-0.3, -0.25) is 9.89 Å². The quantitative estimate of drug-likeness (QED) is 0.183. The van der Waals surface area contributed by atoms with Crippen LogP contribution in [-0.2, 0) is 4.74 Å². The van der Waals surface area contributed by atoms with Gasteiger partial charge in [0.2, 0.25) is 0 Å². The minimum Gasteiger partial charge on any atom is -0.497 e. The van der Waals surface area contributed by atoms with Gasteiger partial charge in [-0.1, -0.05) is 25.0 Å². The maximum absolute atomic E-state index is 5.57. The minimum atomic E-state index is 0. The third-order valence-electron chi connectivity index (χ3n) is 6.57. The van der Waals surface area contributed by atoms with Crippen molar-refractivity contribution in [3.63, 3.8) is 0 Å². The Balaban J connectivity index is 0.00000385. The van der Waals surface area contributed by atoms with Gasteiger partial charge in [0.25, 0.3) is 0 Å². The molecule has 0 spiro atoms. The van der Waals surface area contributed by atoms with E-state index < -0.39 is 0 Å². The zero-order chi connectivity index (χ0) is 22.4. The Hall–Kier alpha value is -1.10. The number of morpholine rings is 1. The minimum absolute atomic E-state index is 0. The first-order chi connectivity index (χ1) is 15.8. The maximum Gasteiger partial charge on any atom is 0.191 e. The average Bonchev–Trinajstić information content (AvgIpc) is 2.86. The molecule has 0 aliphatic carbocycles. The molecule has 2 saturated heterocycles. The molecule has 0 radical (unpaired) electrons. The molecule has 0 saturated carbocycles. The summed E-state index contributed by atoms with van der Waals surface area (Å²) in [6, 6.07) is 8.69. The summed E-state index contributed by atoms with van der Waals surface area (Å²) in [4.78, 5) is 9.56. The van der Waals surface area contributed by atoms with Crippen LogP contribution in [-0.4, -0.2) is 88.9 Å². The molecule has 3 rings (SSSR count). The SMILES string of the molecule is CN=C(NCCCCCN1CCCCC1)NCC(c1ccc(OC)cc1)N1CCOCC1.I. The number of halogens is 1. The molecule has 33 heavy (non-hydrogen) atoms. The van der Waals surface area contributed by atoms with Crippen molar-refractivity contribution in [2.24, 2.45) is 4.99 Å². The average molecular weight is 574 g/mol. The van der Waals surface area contributed by atoms with Crippen molar-refractivity contribution in [3.8, 4) is 5.75 Å². The van der Waals surface area contributed by atoms with E-state index in [0.29, 0.717) is 0 Å². The fraction of sp³-hybridized carbons (Fsp3) is 0.720. The van der Waals surface area contributed by atoms with Crippen LogP contribution in [0, 0.1) is 0 Å². The van der Waals surface area contributed by atoms with Gasteiger partial charge in [-0.25, -0.2) is 0 Å². The van der Waals surface area contributed by atoms with Crippen molar-refractivity contribution in [2.75, 3.05) is 73.2 Å². The highest BCUT2D eigenvalue weighted by Gasteiger charge is 2.23. The largest absolute Gasteiger partial charge is 0.497 e. The van der Waals surface area contributed by atoms with Crippen LogP contribution >= 0.6 is 24.0 Å². The number of aliphatic imine (C=N–C) groups is 1. The second kappa shape index (κ2) is 16.5. The molecule has 2 N–H and O–H groups in total. The zero-order valence-electron chi connectivity index (χ0n) is 20.6. The molecule has 2 aliphatic heterocycles. The molecule has 1 unspecified atom stereocenters. The van der Waals surface area contributed by atoms with E-state index in [9.17, 15) is 0 Å². The molecule has 1 aromatic carbocycles. The third kappa shape index (κ3) is 9.96. The second-order valence-corrected chi connectivity index (χ2v) is 8.78. The lowest BCUT2D eigenvalue weighted by molar-refractivity contribution is 0.0170. The van der Waals surface area contributed by atoms with E-state index in [1.54, 1.807) is 7.11 Å². The number of hydrogen-bond donors (Lipinski definition) is 2. The zero-order valence-corrected chi connectivity index (χ0v) is 22.9. The number of nitrogens with one attached hydrogen (secondary N) is 2. The van der Waals surface area contributed by atoms with Crippen molar-refractivity contribution in [2.45, 2.75) is 44.6 Å². The van der Waals surface area contributed by atoms with Gasteiger partial charge in [0.1, 0.15) is 5.75 Å². The van der Waals surface area contributed by atoms with Crippen LogP contribution in [0.2, 0.25) is 0 Å². The molecular weight excluding hydrogens is 529 g/mol. The first-order valence-corrected chi connectivity index (χ1v) is 12.4. The third-order valence-corrected chi connectivity index (χ3v) is 6.57. The standard InChI is InChI=1S/C25H43N5O2.HI/c1-26-25(27-13-5-3-6-14-29-15-7-4-8-16-29)28-21-24(30-17-19-32-20-18-30)22-9-11-23(31-2)12-10-22;/h9-12,24H,3-8,13-21H2,1-2H3,(H2,26,27,28);1H. The molecular formula is C25H44IN5O2. The first kappa shape index (κ1) is 28.1. The number of ether oxygens (including phenoxy) is 2. The van der Waals surface area contributed by atoms with Crippen LogP contribution in [0.15, 0.2) is 29.3 Å². The van der Waals surface area contributed by atoms with Gasteiger partial charge < -0.3 is 25.0 Å². The lowest BCUT2D eigenvalue weighted by Gasteiger charge is -2.35. The summed E-state index contributed by atoms with van der Waals surface area (Å²) >= 11 is 0. The number of benzene rings is 1. The van der Waals surface area contributed by atoms with Crippen LogP contribution in [0.25, 0.3) is 0 Å². The maximum atomic E-state index is 5.57. The summed E-state index contributed by atoms with van der Waals surface area (Å²) in [7, 11) is 3.56. The number of piperidine rings is 1. The van der Waals surface area contributed by atoms with E-state index >= 15 is 0 Å². The predicted molar refractivity (Wildman–Crippen MR) is 147 cm³/mol. The van der Waals surface area contributed by atoms with E-state index in [1.165, 1.54) is 63.7 Å². The van der Waals surface area contributed by atoms with Gasteiger partial charge in [0.05, 0.1) is 26.4 Å². The van der Waals surface area contributed by atoms with Gasteiger partial charge in [-0.15, -0.1) is 24.0 Å². The normalized spacial score (nSPS) is 18.9. The number of unbranched alkanes of at least 4 members (excludes halogenated alkanes) is 2. The Bertz CT molecular complexity index is 661. The van der Waals surface area contributed by atoms with E-state index in [4.69, 9.17) is 9.47 Å². The first-order valence-electron chi connectivity index (χ1n) is 12.4. The molecule has 188 valence electrons. The van der Waals surface area contributed by atoms with Crippen molar-refractivity contribution < 1.29 is 9.47 Å². The summed E-state index contributed by atoms with van der Waals surface area (Å²) in [5.41, 5.74) is 1.29. The molecule has 1 aromatic rings. The van der Waals surface area contributed by atoms with Crippen molar-refractivity contribution in [1.82, 2.24) is 20.4 Å². The summed E-state index contributed by atoms with van der Waals surface area (Å²) < 4.78 is 10.9. The highest BCUT2D eigenvalue weighted by atomic mass is 127. The Morgan fingerprint density at radius 2 is 1.73 bits per heavy atom. The fourth-order valence-corrected chi connectivity index (χ4v) is 4.61. The number of rotatable bonds is 11. The van der Waals surface area contributed by atoms with Crippen LogP contribution in [0.1, 0.15) is 50.1 Å². The molecule has 0 aromatic heterocycles. The van der Waals surface area contributed by atoms with Crippen LogP contribution in [0.4, 0.5) is 0 Å². The smallest absolute Gasteiger partial charge is 0.191 e. The molecule has 2 fully saturated rings. The molecule has 7 nitrogen and oxygen atoms in total. The van der Waals surface area contributed by atoms with E-state index in [-0.39, 0.29) is 30.0 Å². The van der Waals surface area contributed by atoms with Crippen molar-refractivity contribution >= 4 is 29.9 Å². The Morgan fingerprint density at radius 3 is 2.39 bits per heavy atom. The van der Waals surface area contributed by atoms with Crippen LogP contribution < -0.4 is 15.4 Å². The monoisotopic (exact) mass is 573 g/mol. The topological polar surface area (TPSA) is 61.4 Å². The second-order valence-electron chi connectivity index (χ2n) is 8.78. The van der Waals surface area contributed by atoms with Gasteiger partial charge in [0, 0.05) is 33.2 Å². The summed E-state index contributed by atoms with van der Waals surface area (Å²) in [5, 5.41) is 7.05. The number of guanidine groups is 1. The highest BCUT2D eigenvalue weighted by molar-refractivity contribution is 14.0. The Labute approximate surface area is 217 Å². The van der Waals surface area contributed by atoms with E-state index in [0.717, 1.165) is 51.1 Å². The Morgan fingerprint density at radius 1 is 1.00 bits per heavy atom. The number of methoxy groups -OCH3 is 1. The van der Waals surface area contributed by atoms with Gasteiger partial charge >= 0.3 is 0 Å². The lowest BCUT2D eigenvalue weighted by atomic mass is 10.0. The van der Waals surface area contributed by atoms with Gasteiger partial charge in [0.15, 0.2) is 5.96 Å². The van der Waals surface area contributed by atoms with Gasteiger partial charge in [-0.2, -0.15) is 0 Å². The van der Waals surface area contributed by atoms with Crippen molar-refractivity contribution in [3.05, 3.63) is 29.8 Å². The molecule has 0 bridgehead atoms. The molecule has 2 heterocycles. The summed E-state index contributed by atoms with van der Waals surface area (Å²) in [6.45, 7) is 9.10. The number of nitrogens with zero attached hydrogens (tertiary/aromatic N) is 3. The molecule has 1 atom stereocenters. The van der Waals surface area contributed by atoms with E-state index in [2.05, 4.69) is 37.6 Å². The fourth-order valence-electron chi connectivity index (χ4n) is 4.61. The van der Waals surface area contributed by atoms with Gasteiger partial charge in [-0.05, 0) is 63.0 Å². The highest BCUT2D eigenvalue weighted by Crippen LogP contribution is 2.23. The molecule has 0 amide bonds. The van der Waals surface area contributed by atoms with Crippen LogP contribution in [0.5, 0.6) is 5.75 Å². The predicted octanol–water partition coefficient (Wildman–Crippen LogP) is 3.51. The van der Waals surface area contributed by atoms with Crippen LogP contribution in [0.3, 0.4) is 0 Å². The van der Waals surface area contributed by atoms with Crippen molar-refractivity contribution in [1.29, 1.82) is 0 Å². The number of likely N-dealkylation sites (tertiary alicyclic amines) is 1. The van der Waals surface area contributed by atoms with E-state index in [1.807, 2.05) is 19.2 Å².